The summed E-state index contributed by atoms with van der Waals surface area (Å²) in [5.41, 5.74) is 2.66. The van der Waals surface area contributed by atoms with Crippen LogP contribution in [-0.4, -0.2) is 19.6 Å². The highest BCUT2D eigenvalue weighted by molar-refractivity contribution is 7.89. The Morgan fingerprint density at radius 2 is 1.68 bits per heavy atom. The van der Waals surface area contributed by atoms with Gasteiger partial charge in [0.05, 0.1) is 16.7 Å². The first-order valence-corrected chi connectivity index (χ1v) is 9.09. The Bertz CT molecular complexity index is 1110. The highest BCUT2D eigenvalue weighted by atomic mass is 32.2. The summed E-state index contributed by atoms with van der Waals surface area (Å²) in [7, 11) is -3.77. The summed E-state index contributed by atoms with van der Waals surface area (Å²) >= 11 is 0. The van der Waals surface area contributed by atoms with Crippen molar-refractivity contribution in [3.63, 3.8) is 0 Å². The van der Waals surface area contributed by atoms with E-state index in [1.807, 2.05) is 32.0 Å². The van der Waals surface area contributed by atoms with E-state index in [9.17, 15) is 13.2 Å². The first-order chi connectivity index (χ1) is 11.8. The molecule has 0 aliphatic heterocycles. The van der Waals surface area contributed by atoms with Gasteiger partial charge in [0.25, 0.3) is 15.6 Å². The molecule has 0 aliphatic carbocycles. The molecule has 3 rings (SSSR count). The Hall–Kier alpha value is -2.93. The maximum atomic E-state index is 12.2. The molecule has 1 heterocycles. The molecule has 7 heteroatoms. The van der Waals surface area contributed by atoms with Gasteiger partial charge in [0.2, 0.25) is 0 Å². The lowest BCUT2D eigenvalue weighted by Crippen LogP contribution is -2.19. The number of benzene rings is 2. The SMILES string of the molecule is Cc1ccc(S(=O)(=O)N/N=C\c2cc3cc(C)ccc3[nH]c2=O)cc1. The second-order valence-corrected chi connectivity index (χ2v) is 7.47. The second kappa shape index (κ2) is 6.52. The molecular weight excluding hydrogens is 338 g/mol. The molecular formula is C18H17N3O3S. The molecule has 128 valence electrons. The van der Waals surface area contributed by atoms with E-state index in [0.29, 0.717) is 5.52 Å². The van der Waals surface area contributed by atoms with Gasteiger partial charge in [-0.15, -0.1) is 0 Å². The fourth-order valence-corrected chi connectivity index (χ4v) is 3.17. The number of H-pyrrole nitrogens is 1. The number of fused-ring (bicyclic) bond motifs is 1. The Morgan fingerprint density at radius 1 is 1.00 bits per heavy atom. The van der Waals surface area contributed by atoms with Crippen LogP contribution in [0.1, 0.15) is 16.7 Å². The third kappa shape index (κ3) is 3.77. The van der Waals surface area contributed by atoms with Crippen molar-refractivity contribution in [3.8, 4) is 0 Å². The summed E-state index contributed by atoms with van der Waals surface area (Å²) < 4.78 is 24.3. The molecule has 0 saturated heterocycles. The molecule has 0 atom stereocenters. The van der Waals surface area contributed by atoms with Crippen LogP contribution in [0.3, 0.4) is 0 Å². The molecule has 0 saturated carbocycles. The maximum Gasteiger partial charge on any atom is 0.276 e. The number of nitrogens with zero attached hydrogens (tertiary/aromatic N) is 1. The number of hydrogen-bond donors (Lipinski definition) is 2. The summed E-state index contributed by atoms with van der Waals surface area (Å²) in [5.74, 6) is 0. The number of aromatic nitrogens is 1. The third-order valence-corrected chi connectivity index (χ3v) is 4.97. The van der Waals surface area contributed by atoms with E-state index in [0.717, 1.165) is 16.5 Å². The summed E-state index contributed by atoms with van der Waals surface area (Å²) in [6.07, 6.45) is 1.20. The minimum Gasteiger partial charge on any atom is -0.321 e. The van der Waals surface area contributed by atoms with Crippen LogP contribution >= 0.6 is 0 Å². The highest BCUT2D eigenvalue weighted by Gasteiger charge is 2.12. The molecule has 2 N–H and O–H groups in total. The molecule has 0 aliphatic rings. The van der Waals surface area contributed by atoms with Gasteiger partial charge >= 0.3 is 0 Å². The maximum absolute atomic E-state index is 12.2. The third-order valence-electron chi connectivity index (χ3n) is 3.74. The van der Waals surface area contributed by atoms with Gasteiger partial charge in [0, 0.05) is 5.52 Å². The number of sulfonamides is 1. The molecule has 2 aromatic carbocycles. The van der Waals surface area contributed by atoms with Crippen molar-refractivity contribution in [2.75, 3.05) is 0 Å². The normalized spacial score (nSPS) is 11.9. The van der Waals surface area contributed by atoms with Crippen LogP contribution in [0.25, 0.3) is 10.9 Å². The van der Waals surface area contributed by atoms with Gasteiger partial charge < -0.3 is 4.98 Å². The lowest BCUT2D eigenvalue weighted by Gasteiger charge is -2.04. The number of hydrazone groups is 1. The molecule has 0 spiro atoms. The van der Waals surface area contributed by atoms with Crippen molar-refractivity contribution in [1.29, 1.82) is 0 Å². The molecule has 6 nitrogen and oxygen atoms in total. The molecule has 0 unspecified atom stereocenters. The van der Waals surface area contributed by atoms with Crippen LogP contribution in [0.5, 0.6) is 0 Å². The zero-order valence-corrected chi connectivity index (χ0v) is 14.6. The second-order valence-electron chi connectivity index (χ2n) is 5.81. The summed E-state index contributed by atoms with van der Waals surface area (Å²) in [5, 5.41) is 4.57. The monoisotopic (exact) mass is 355 g/mol. The van der Waals surface area contributed by atoms with Gasteiger partial charge in [-0.1, -0.05) is 29.3 Å². The van der Waals surface area contributed by atoms with E-state index in [4.69, 9.17) is 0 Å². The molecule has 0 radical (unpaired) electrons. The first-order valence-electron chi connectivity index (χ1n) is 7.60. The minimum absolute atomic E-state index is 0.110. The van der Waals surface area contributed by atoms with Crippen LogP contribution in [0, 0.1) is 13.8 Å². The zero-order valence-electron chi connectivity index (χ0n) is 13.8. The Kier molecular flexibility index (Phi) is 4.41. The lowest BCUT2D eigenvalue weighted by atomic mass is 10.1. The van der Waals surface area contributed by atoms with E-state index >= 15 is 0 Å². The fourth-order valence-electron chi connectivity index (χ4n) is 2.37. The smallest absolute Gasteiger partial charge is 0.276 e. The fraction of sp³-hybridized carbons (Fsp3) is 0.111. The minimum atomic E-state index is -3.77. The molecule has 1 aromatic heterocycles. The van der Waals surface area contributed by atoms with Crippen molar-refractivity contribution in [3.05, 3.63) is 75.6 Å². The standard InChI is InChI=1S/C18H17N3O3S/c1-12-3-6-16(7-4-12)25(23,24)21-19-11-15-10-14-9-13(2)5-8-17(14)20-18(15)22/h3-11,21H,1-2H3,(H,20,22)/b19-11-. The average Bonchev–Trinajstić information content (AvgIpc) is 2.56. The number of aromatic amines is 1. The quantitative estimate of drug-likeness (QED) is 0.556. The zero-order chi connectivity index (χ0) is 18.0. The average molecular weight is 355 g/mol. The van der Waals surface area contributed by atoms with Crippen LogP contribution in [0.15, 0.2) is 63.3 Å². The van der Waals surface area contributed by atoms with Gasteiger partial charge in [-0.05, 0) is 49.6 Å². The van der Waals surface area contributed by atoms with Crippen molar-refractivity contribution < 1.29 is 8.42 Å². The molecule has 0 fully saturated rings. The largest absolute Gasteiger partial charge is 0.321 e. The molecule has 0 amide bonds. The first kappa shape index (κ1) is 16.9. The van der Waals surface area contributed by atoms with Gasteiger partial charge in [0.15, 0.2) is 0 Å². The Morgan fingerprint density at radius 3 is 2.40 bits per heavy atom. The van der Waals surface area contributed by atoms with Gasteiger partial charge in [0.1, 0.15) is 0 Å². The molecule has 3 aromatic rings. The number of pyridine rings is 1. The number of aryl methyl sites for hydroxylation is 2. The Balaban J connectivity index is 1.86. The van der Waals surface area contributed by atoms with Crippen LogP contribution in [-0.2, 0) is 10.0 Å². The highest BCUT2D eigenvalue weighted by Crippen LogP contribution is 2.13. The van der Waals surface area contributed by atoms with Crippen molar-refractivity contribution in [2.45, 2.75) is 18.7 Å². The van der Waals surface area contributed by atoms with Crippen molar-refractivity contribution in [1.82, 2.24) is 9.82 Å². The Labute approximate surface area is 145 Å². The van der Waals surface area contributed by atoms with E-state index in [1.165, 1.54) is 18.3 Å². The van der Waals surface area contributed by atoms with E-state index in [-0.39, 0.29) is 16.0 Å². The van der Waals surface area contributed by atoms with E-state index in [2.05, 4.69) is 14.9 Å². The van der Waals surface area contributed by atoms with E-state index in [1.54, 1.807) is 18.2 Å². The summed E-state index contributed by atoms with van der Waals surface area (Å²) in [4.78, 5) is 17.0. The topological polar surface area (TPSA) is 91.4 Å². The van der Waals surface area contributed by atoms with Gasteiger partial charge in [-0.2, -0.15) is 13.5 Å². The number of nitrogens with one attached hydrogen (secondary N) is 2. The lowest BCUT2D eigenvalue weighted by molar-refractivity contribution is 0.584. The van der Waals surface area contributed by atoms with Crippen molar-refractivity contribution in [2.24, 2.45) is 5.10 Å². The van der Waals surface area contributed by atoms with Crippen LogP contribution in [0.4, 0.5) is 0 Å². The molecule has 25 heavy (non-hydrogen) atoms. The predicted octanol–water partition coefficient (Wildman–Crippen LogP) is 2.46. The number of hydrogen-bond acceptors (Lipinski definition) is 4. The van der Waals surface area contributed by atoms with Crippen LogP contribution in [0.2, 0.25) is 0 Å². The summed E-state index contributed by atoms with van der Waals surface area (Å²) in [6, 6.07) is 13.7. The number of rotatable bonds is 4. The summed E-state index contributed by atoms with van der Waals surface area (Å²) in [6.45, 7) is 3.82. The van der Waals surface area contributed by atoms with Gasteiger partial charge in [-0.25, -0.2) is 4.83 Å². The molecule has 0 bridgehead atoms. The van der Waals surface area contributed by atoms with Crippen molar-refractivity contribution >= 4 is 27.1 Å². The van der Waals surface area contributed by atoms with Gasteiger partial charge in [-0.3, -0.25) is 4.79 Å². The predicted molar refractivity (Wildman–Crippen MR) is 98.4 cm³/mol. The van der Waals surface area contributed by atoms with E-state index < -0.39 is 10.0 Å². The van der Waals surface area contributed by atoms with Crippen LogP contribution < -0.4 is 10.4 Å².